The molecular weight excluding hydrogens is 617 g/mol. The number of nitrogens with one attached hydrogen (secondary N) is 2. The number of ketones is 1. The second-order valence-electron chi connectivity index (χ2n) is 10.4. The summed E-state index contributed by atoms with van der Waals surface area (Å²) < 4.78 is 6.07. The molecule has 1 aromatic carbocycles. The highest BCUT2D eigenvalue weighted by Crippen LogP contribution is 2.23. The number of aromatic hydroxyl groups is 1. The molecule has 1 aromatic rings. The van der Waals surface area contributed by atoms with Gasteiger partial charge in [-0.15, -0.1) is 0 Å². The Kier molecular flexibility index (Phi) is 11.5. The summed E-state index contributed by atoms with van der Waals surface area (Å²) in [6, 6.07) is 1.83. The number of halogens is 1. The predicted molar refractivity (Wildman–Crippen MR) is 154 cm³/mol. The molecule has 1 aliphatic rings. The highest BCUT2D eigenvalue weighted by molar-refractivity contribution is 14.1. The first-order valence-electron chi connectivity index (χ1n) is 12.9. The van der Waals surface area contributed by atoms with Crippen LogP contribution < -0.4 is 10.6 Å². The monoisotopic (exact) mass is 655 g/mol. The molecule has 0 saturated carbocycles. The topological polar surface area (TPSA) is 142 Å². The first-order valence-corrected chi connectivity index (χ1v) is 14.0. The average Bonchev–Trinajstić information content (AvgIpc) is 2.86. The Balaban J connectivity index is 2.41. The normalized spacial score (nSPS) is 28.7. The third-order valence-electron chi connectivity index (χ3n) is 6.80. The van der Waals surface area contributed by atoms with Gasteiger partial charge in [0.15, 0.2) is 5.78 Å². The van der Waals surface area contributed by atoms with Crippen molar-refractivity contribution in [2.75, 3.05) is 7.05 Å². The molecule has 10 nitrogen and oxygen atoms in total. The number of nitrogens with zero attached hydrogens (tertiary/aromatic N) is 1. The van der Waals surface area contributed by atoms with Crippen LogP contribution in [-0.4, -0.2) is 70.8 Å². The molecule has 0 aliphatic carbocycles. The molecule has 1 heterocycles. The van der Waals surface area contributed by atoms with Crippen molar-refractivity contribution in [2.24, 2.45) is 11.8 Å². The Morgan fingerprint density at radius 2 is 1.62 bits per heavy atom. The van der Waals surface area contributed by atoms with Crippen molar-refractivity contribution in [3.8, 4) is 5.75 Å². The van der Waals surface area contributed by atoms with Crippen molar-refractivity contribution in [1.29, 1.82) is 0 Å². The summed E-state index contributed by atoms with van der Waals surface area (Å²) in [6.07, 6.45) is -0.148. The second kappa shape index (κ2) is 13.9. The Bertz CT molecular complexity index is 1140. The van der Waals surface area contributed by atoms with Crippen LogP contribution in [-0.2, 0) is 35.1 Å². The molecule has 0 aromatic heterocycles. The Morgan fingerprint density at radius 3 is 2.23 bits per heavy atom. The molecular formula is C28H38IN3O7. The highest BCUT2D eigenvalue weighted by atomic mass is 127. The fourth-order valence-electron chi connectivity index (χ4n) is 4.42. The summed E-state index contributed by atoms with van der Waals surface area (Å²) >= 11 is 1.97. The van der Waals surface area contributed by atoms with Crippen LogP contribution >= 0.6 is 22.6 Å². The van der Waals surface area contributed by atoms with Gasteiger partial charge in [0.05, 0.1) is 9.67 Å². The third kappa shape index (κ3) is 8.77. The zero-order valence-corrected chi connectivity index (χ0v) is 25.4. The number of allylic oxidation sites excluding steroid dienone is 1. The lowest BCUT2D eigenvalue weighted by Gasteiger charge is -2.31. The van der Waals surface area contributed by atoms with Crippen LogP contribution in [0.4, 0.5) is 0 Å². The van der Waals surface area contributed by atoms with E-state index in [1.165, 1.54) is 31.9 Å². The van der Waals surface area contributed by atoms with Gasteiger partial charge in [-0.3, -0.25) is 19.2 Å². The van der Waals surface area contributed by atoms with Crippen LogP contribution in [0.15, 0.2) is 30.4 Å². The number of benzene rings is 1. The van der Waals surface area contributed by atoms with Crippen molar-refractivity contribution in [3.63, 3.8) is 0 Å². The Labute approximate surface area is 243 Å². The van der Waals surface area contributed by atoms with Gasteiger partial charge in [0, 0.05) is 25.3 Å². The molecule has 11 heteroatoms. The van der Waals surface area contributed by atoms with Crippen LogP contribution in [0.5, 0.6) is 5.75 Å². The molecule has 1 fully saturated rings. The number of ether oxygens (including phenoxy) is 1. The molecule has 1 aliphatic heterocycles. The highest BCUT2D eigenvalue weighted by Gasteiger charge is 2.34. The number of amides is 3. The van der Waals surface area contributed by atoms with E-state index in [9.17, 15) is 29.1 Å². The number of carbonyl (C=O) groups is 5. The number of esters is 1. The SMILES string of the molecule is C=C1C[C@H](C)C(=O)N[C@@H](C)C(=O)N(C)[C@H](Cc2ccc(O)c(I)c2)C(=O)N[C@@H](C)C(=O)O[C@@H](C)C[C@@H](C)C1=O. The van der Waals surface area contributed by atoms with E-state index < -0.39 is 59.8 Å². The molecule has 3 amide bonds. The second-order valence-corrected chi connectivity index (χ2v) is 11.5. The zero-order valence-electron chi connectivity index (χ0n) is 23.2. The molecule has 214 valence electrons. The number of Topliss-reactive ketones (excluding diaryl/α,β-unsaturated/α-hetero) is 1. The van der Waals surface area contributed by atoms with Crippen LogP contribution in [0.3, 0.4) is 0 Å². The molecule has 0 spiro atoms. The largest absolute Gasteiger partial charge is 0.507 e. The van der Waals surface area contributed by atoms with E-state index in [2.05, 4.69) is 17.2 Å². The zero-order chi connectivity index (χ0) is 29.6. The van der Waals surface area contributed by atoms with Crippen molar-refractivity contribution in [3.05, 3.63) is 39.5 Å². The van der Waals surface area contributed by atoms with Gasteiger partial charge in [-0.1, -0.05) is 26.5 Å². The van der Waals surface area contributed by atoms with Crippen molar-refractivity contribution in [1.82, 2.24) is 15.5 Å². The lowest BCUT2D eigenvalue weighted by molar-refractivity contribution is -0.153. The van der Waals surface area contributed by atoms with E-state index in [1.54, 1.807) is 32.9 Å². The molecule has 0 bridgehead atoms. The van der Waals surface area contributed by atoms with Crippen molar-refractivity contribution >= 4 is 52.1 Å². The van der Waals surface area contributed by atoms with Gasteiger partial charge in [-0.05, 0) is 79.5 Å². The number of likely N-dealkylation sites (N-methyl/N-ethyl adjacent to an activating group) is 1. The fraction of sp³-hybridized carbons (Fsp3) is 0.536. The van der Waals surface area contributed by atoms with Gasteiger partial charge < -0.3 is 25.4 Å². The first-order chi connectivity index (χ1) is 18.1. The minimum atomic E-state index is -1.03. The average molecular weight is 656 g/mol. The summed E-state index contributed by atoms with van der Waals surface area (Å²) in [4.78, 5) is 66.4. The minimum Gasteiger partial charge on any atom is -0.507 e. The maximum absolute atomic E-state index is 13.4. The van der Waals surface area contributed by atoms with E-state index in [-0.39, 0.29) is 36.4 Å². The summed E-state index contributed by atoms with van der Waals surface area (Å²) in [5.41, 5.74) is 0.968. The van der Waals surface area contributed by atoms with E-state index in [0.29, 0.717) is 9.13 Å². The maximum atomic E-state index is 13.4. The molecule has 6 atom stereocenters. The number of phenols is 1. The van der Waals surface area contributed by atoms with Crippen LogP contribution in [0.1, 0.15) is 53.0 Å². The number of rotatable bonds is 2. The summed E-state index contributed by atoms with van der Waals surface area (Å²) in [6.45, 7) is 11.9. The van der Waals surface area contributed by atoms with Gasteiger partial charge in [0.2, 0.25) is 17.7 Å². The van der Waals surface area contributed by atoms with E-state index in [4.69, 9.17) is 4.74 Å². The number of carbonyl (C=O) groups excluding carboxylic acids is 5. The smallest absolute Gasteiger partial charge is 0.328 e. The van der Waals surface area contributed by atoms with Gasteiger partial charge in [0.25, 0.3) is 0 Å². The van der Waals surface area contributed by atoms with E-state index in [0.717, 1.165) is 0 Å². The number of hydrogen-bond acceptors (Lipinski definition) is 7. The summed E-state index contributed by atoms with van der Waals surface area (Å²) in [5, 5.41) is 15.2. The van der Waals surface area contributed by atoms with E-state index in [1.807, 2.05) is 22.6 Å². The minimum absolute atomic E-state index is 0.0904. The Hall–Kier alpha value is -2.96. The predicted octanol–water partition coefficient (Wildman–Crippen LogP) is 2.50. The molecule has 39 heavy (non-hydrogen) atoms. The molecule has 1 saturated heterocycles. The van der Waals surface area contributed by atoms with Crippen LogP contribution in [0.2, 0.25) is 0 Å². The third-order valence-corrected chi connectivity index (χ3v) is 7.66. The lowest BCUT2D eigenvalue weighted by Crippen LogP contribution is -2.56. The van der Waals surface area contributed by atoms with Gasteiger partial charge in [0.1, 0.15) is 23.9 Å². The maximum Gasteiger partial charge on any atom is 0.328 e. The summed E-state index contributed by atoms with van der Waals surface area (Å²) in [5.74, 6) is -3.44. The molecule has 2 rings (SSSR count). The molecule has 3 N–H and O–H groups in total. The summed E-state index contributed by atoms with van der Waals surface area (Å²) in [7, 11) is 1.45. The van der Waals surface area contributed by atoms with Crippen LogP contribution in [0, 0.1) is 15.4 Å². The Morgan fingerprint density at radius 1 is 1.00 bits per heavy atom. The number of hydrogen-bond donors (Lipinski definition) is 3. The lowest BCUT2D eigenvalue weighted by atomic mass is 9.90. The number of phenolic OH excluding ortho intramolecular Hbond substituents is 1. The van der Waals surface area contributed by atoms with Crippen molar-refractivity contribution < 1.29 is 33.8 Å². The standard InChI is InChI=1S/C28H38IN3O7/c1-14-10-16(3)25(35)30-18(5)27(37)32(7)22(13-20-8-9-23(33)21(29)12-20)26(36)31-19(6)28(38)39-17(4)11-15(2)24(14)34/h8-9,12,15-19,22,33H,1,10-11,13H2,2-7H3,(H,30,35)(H,31,36)/t15-,16+,17+,18+,19+,22-/m1/s1. The molecule has 0 unspecified atom stereocenters. The quantitative estimate of drug-likeness (QED) is 0.253. The van der Waals surface area contributed by atoms with Crippen molar-refractivity contribution in [2.45, 2.75) is 78.1 Å². The van der Waals surface area contributed by atoms with Gasteiger partial charge in [-0.2, -0.15) is 0 Å². The number of cyclic esters (lactones) is 1. The van der Waals surface area contributed by atoms with Gasteiger partial charge >= 0.3 is 5.97 Å². The first kappa shape index (κ1) is 32.3. The van der Waals surface area contributed by atoms with Gasteiger partial charge in [-0.25, -0.2) is 4.79 Å². The van der Waals surface area contributed by atoms with Crippen LogP contribution in [0.25, 0.3) is 0 Å². The fourth-order valence-corrected chi connectivity index (χ4v) is 5.00. The molecule has 0 radical (unpaired) electrons. The van der Waals surface area contributed by atoms with E-state index >= 15 is 0 Å².